The van der Waals surface area contributed by atoms with Gasteiger partial charge < -0.3 is 9.31 Å². The van der Waals surface area contributed by atoms with Gasteiger partial charge in [0.25, 0.3) is 0 Å². The molecule has 0 atom stereocenters. The van der Waals surface area contributed by atoms with Gasteiger partial charge in [-0.2, -0.15) is 4.79 Å². The normalized spacial score (nSPS) is 23.4. The highest BCUT2D eigenvalue weighted by Crippen LogP contribution is 2.36. The monoisotopic (exact) mass is 211 g/mol. The second kappa shape index (κ2) is 3.09. The van der Waals surface area contributed by atoms with Crippen molar-refractivity contribution in [3.05, 3.63) is 18.3 Å². The number of hydrogen-bond acceptors (Lipinski definition) is 2. The Morgan fingerprint density at radius 1 is 1.20 bits per heavy atom. The van der Waals surface area contributed by atoms with Gasteiger partial charge in [-0.3, -0.25) is 0 Å². The van der Waals surface area contributed by atoms with E-state index in [1.54, 1.807) is 12.1 Å². The highest BCUT2D eigenvalue weighted by atomic mass is 19.2. The fourth-order valence-electron chi connectivity index (χ4n) is 1.52. The molecule has 1 aliphatic rings. The highest BCUT2D eigenvalue weighted by Gasteiger charge is 2.52. The summed E-state index contributed by atoms with van der Waals surface area (Å²) in [5.41, 5.74) is -0.460. The Morgan fingerprint density at radius 2 is 1.73 bits per heavy atom. The first-order chi connectivity index (χ1) is 6.83. The van der Waals surface area contributed by atoms with Crippen LogP contribution in [0.3, 0.4) is 0 Å². The van der Waals surface area contributed by atoms with Gasteiger partial charge >= 0.3 is 7.12 Å². The standard InChI is InChI=1S/C10H15BFNO2/c1-9(2)10(3,4)15-11(14-9)8-6-5-7-13(8)12/h5-7H,1-4H3. The van der Waals surface area contributed by atoms with Gasteiger partial charge in [0, 0.05) is 6.20 Å². The first kappa shape index (κ1) is 10.7. The molecule has 82 valence electrons. The molecule has 15 heavy (non-hydrogen) atoms. The van der Waals surface area contributed by atoms with Crippen molar-refractivity contribution in [1.29, 1.82) is 0 Å². The van der Waals surface area contributed by atoms with Gasteiger partial charge in [0.15, 0.2) is 0 Å². The van der Waals surface area contributed by atoms with Crippen LogP contribution in [0.25, 0.3) is 0 Å². The summed E-state index contributed by atoms with van der Waals surface area (Å²) >= 11 is 0. The molecule has 2 heterocycles. The van der Waals surface area contributed by atoms with Crippen LogP contribution in [0.1, 0.15) is 27.7 Å². The Kier molecular flexibility index (Phi) is 2.21. The maximum atomic E-state index is 13.3. The van der Waals surface area contributed by atoms with Crippen molar-refractivity contribution >= 4 is 12.7 Å². The fraction of sp³-hybridized carbons (Fsp3) is 0.600. The number of rotatable bonds is 1. The lowest BCUT2D eigenvalue weighted by molar-refractivity contribution is 0.00578. The quantitative estimate of drug-likeness (QED) is 0.657. The molecular weight excluding hydrogens is 196 g/mol. The van der Waals surface area contributed by atoms with Crippen molar-refractivity contribution in [2.24, 2.45) is 0 Å². The largest absolute Gasteiger partial charge is 0.515 e. The maximum absolute atomic E-state index is 13.3. The first-order valence-corrected chi connectivity index (χ1v) is 5.02. The lowest BCUT2D eigenvalue weighted by atomic mass is 9.85. The summed E-state index contributed by atoms with van der Waals surface area (Å²) in [6, 6.07) is 3.28. The van der Waals surface area contributed by atoms with E-state index in [4.69, 9.17) is 9.31 Å². The Balaban J connectivity index is 2.27. The average Bonchev–Trinajstić information content (AvgIpc) is 2.55. The molecule has 0 radical (unpaired) electrons. The third-order valence-corrected chi connectivity index (χ3v) is 3.23. The predicted molar refractivity (Wildman–Crippen MR) is 56.7 cm³/mol. The Bertz CT molecular complexity index is 359. The van der Waals surface area contributed by atoms with Crippen LogP contribution in [0.4, 0.5) is 4.48 Å². The van der Waals surface area contributed by atoms with Gasteiger partial charge in [0.1, 0.15) is 0 Å². The number of hydrogen-bond donors (Lipinski definition) is 0. The van der Waals surface area contributed by atoms with E-state index in [0.29, 0.717) is 10.4 Å². The second-order valence-electron chi connectivity index (χ2n) is 4.83. The summed E-state index contributed by atoms with van der Waals surface area (Å²) in [7, 11) is -0.630. The van der Waals surface area contributed by atoms with Crippen molar-refractivity contribution in [2.75, 3.05) is 0 Å². The second-order valence-corrected chi connectivity index (χ2v) is 4.83. The molecule has 3 nitrogen and oxygen atoms in total. The molecule has 1 aromatic heterocycles. The minimum atomic E-state index is -0.630. The molecule has 0 unspecified atom stereocenters. The minimum absolute atomic E-state index is 0.397. The summed E-state index contributed by atoms with van der Waals surface area (Å²) in [4.78, 5) is 0.530. The van der Waals surface area contributed by atoms with Crippen LogP contribution in [-0.4, -0.2) is 23.1 Å². The number of aromatic nitrogens is 1. The van der Waals surface area contributed by atoms with Crippen LogP contribution in [-0.2, 0) is 9.31 Å². The van der Waals surface area contributed by atoms with Crippen LogP contribution >= 0.6 is 0 Å². The fourth-order valence-corrected chi connectivity index (χ4v) is 1.52. The first-order valence-electron chi connectivity index (χ1n) is 5.02. The van der Waals surface area contributed by atoms with Crippen LogP contribution in [0.15, 0.2) is 18.3 Å². The molecule has 0 bridgehead atoms. The summed E-state index contributed by atoms with van der Waals surface area (Å²) in [6.45, 7) is 7.77. The average molecular weight is 211 g/mol. The summed E-state index contributed by atoms with van der Waals surface area (Å²) in [5.74, 6) is 0. The van der Waals surface area contributed by atoms with E-state index in [-0.39, 0.29) is 0 Å². The van der Waals surface area contributed by atoms with E-state index in [1.807, 2.05) is 27.7 Å². The van der Waals surface area contributed by atoms with Crippen molar-refractivity contribution < 1.29 is 13.8 Å². The van der Waals surface area contributed by atoms with E-state index in [0.717, 1.165) is 0 Å². The minimum Gasteiger partial charge on any atom is -0.398 e. The number of halogens is 1. The smallest absolute Gasteiger partial charge is 0.398 e. The summed E-state index contributed by atoms with van der Waals surface area (Å²) in [5, 5.41) is 0. The van der Waals surface area contributed by atoms with Crippen molar-refractivity contribution in [3.8, 4) is 0 Å². The highest BCUT2D eigenvalue weighted by molar-refractivity contribution is 6.61. The molecule has 1 aliphatic heterocycles. The van der Waals surface area contributed by atoms with Gasteiger partial charge in [-0.25, -0.2) is 0 Å². The topological polar surface area (TPSA) is 23.4 Å². The molecule has 0 saturated carbocycles. The molecule has 0 spiro atoms. The van der Waals surface area contributed by atoms with Crippen LogP contribution in [0, 0.1) is 0 Å². The molecule has 2 rings (SSSR count). The zero-order valence-corrected chi connectivity index (χ0v) is 9.45. The molecule has 1 saturated heterocycles. The zero-order chi connectivity index (χ0) is 11.3. The molecule has 0 aliphatic carbocycles. The lowest BCUT2D eigenvalue weighted by Gasteiger charge is -2.32. The van der Waals surface area contributed by atoms with E-state index in [1.165, 1.54) is 6.20 Å². The van der Waals surface area contributed by atoms with E-state index >= 15 is 0 Å². The van der Waals surface area contributed by atoms with Crippen LogP contribution < -0.4 is 5.59 Å². The van der Waals surface area contributed by atoms with Gasteiger partial charge in [-0.05, 0) is 39.8 Å². The van der Waals surface area contributed by atoms with Crippen LogP contribution in [0.5, 0.6) is 0 Å². The Hall–Kier alpha value is -0.805. The molecular formula is C10H15BFNO2. The zero-order valence-electron chi connectivity index (χ0n) is 9.45. The Morgan fingerprint density at radius 3 is 2.13 bits per heavy atom. The third kappa shape index (κ3) is 1.60. The van der Waals surface area contributed by atoms with Gasteiger partial charge in [0.2, 0.25) is 0 Å². The van der Waals surface area contributed by atoms with Crippen LogP contribution in [0.2, 0.25) is 0 Å². The van der Waals surface area contributed by atoms with Crippen molar-refractivity contribution in [2.45, 2.75) is 38.9 Å². The predicted octanol–water partition coefficient (Wildman–Crippen LogP) is 1.52. The van der Waals surface area contributed by atoms with Gasteiger partial charge in [0.05, 0.1) is 16.8 Å². The van der Waals surface area contributed by atoms with E-state index in [9.17, 15) is 4.48 Å². The maximum Gasteiger partial charge on any atom is 0.515 e. The molecule has 0 aromatic carbocycles. The third-order valence-electron chi connectivity index (χ3n) is 3.23. The lowest BCUT2D eigenvalue weighted by Crippen LogP contribution is -2.41. The molecule has 1 fully saturated rings. The number of nitrogens with zero attached hydrogens (tertiary/aromatic N) is 1. The van der Waals surface area contributed by atoms with Gasteiger partial charge in [-0.15, -0.1) is 0 Å². The molecule has 1 aromatic rings. The van der Waals surface area contributed by atoms with Gasteiger partial charge in [-0.1, -0.05) is 4.48 Å². The molecule has 0 amide bonds. The summed E-state index contributed by atoms with van der Waals surface area (Å²) in [6.07, 6.45) is 1.33. The summed E-state index contributed by atoms with van der Waals surface area (Å²) < 4.78 is 24.7. The van der Waals surface area contributed by atoms with E-state index in [2.05, 4.69) is 0 Å². The van der Waals surface area contributed by atoms with E-state index < -0.39 is 18.3 Å². The Labute approximate surface area is 89.3 Å². The van der Waals surface area contributed by atoms with Crippen molar-refractivity contribution in [3.63, 3.8) is 0 Å². The molecule has 0 N–H and O–H groups in total. The SMILES string of the molecule is CC1(C)OB(c2cccn2F)OC1(C)C. The molecule has 5 heteroatoms. The van der Waals surface area contributed by atoms with Crippen molar-refractivity contribution in [1.82, 2.24) is 4.79 Å².